The molecule has 3 aromatic carbocycles. The zero-order chi connectivity index (χ0) is 25.6. The number of carbonyl (C=O) groups is 1. The minimum atomic E-state index is -0.666. The monoisotopic (exact) mass is 502 g/mol. The lowest BCUT2D eigenvalue weighted by atomic mass is 9.81. The maximum absolute atomic E-state index is 13.9. The summed E-state index contributed by atoms with van der Waals surface area (Å²) in [6.45, 7) is 2.78. The maximum atomic E-state index is 13.9. The van der Waals surface area contributed by atoms with Crippen LogP contribution < -0.4 is 10.2 Å². The van der Waals surface area contributed by atoms with Crippen LogP contribution in [0.5, 0.6) is 0 Å². The van der Waals surface area contributed by atoms with E-state index in [2.05, 4.69) is 51.5 Å². The molecule has 2 aliphatic heterocycles. The molecule has 3 aromatic rings. The topological polar surface area (TPSA) is 59.1 Å². The number of carbonyl (C=O) groups excluding carboxylic acids is 1. The standard InChI is InChI=1S/C30H35FN4O2/c1-32-18-27(36)19-34-20-35(25-10-8-24(31)9-11-25)30(29(34)37)12-14-33(15-13-30)26-16-22-6-2-4-21-5-3-7-23(17-26)28(21)22/h2-11,26-27,32,36H,12-20H2,1H3/t27-/m0/s1. The van der Waals surface area contributed by atoms with Crippen molar-refractivity contribution in [2.24, 2.45) is 0 Å². The third kappa shape index (κ3) is 4.29. The van der Waals surface area contributed by atoms with Crippen molar-refractivity contribution in [1.29, 1.82) is 0 Å². The van der Waals surface area contributed by atoms with E-state index in [9.17, 15) is 14.3 Å². The van der Waals surface area contributed by atoms with E-state index in [0.717, 1.165) is 31.6 Å². The Morgan fingerprint density at radius 3 is 2.30 bits per heavy atom. The van der Waals surface area contributed by atoms with Crippen LogP contribution in [0.25, 0.3) is 10.8 Å². The van der Waals surface area contributed by atoms with Gasteiger partial charge >= 0.3 is 0 Å². The van der Waals surface area contributed by atoms with Crippen molar-refractivity contribution in [3.63, 3.8) is 0 Å². The molecule has 7 heteroatoms. The summed E-state index contributed by atoms with van der Waals surface area (Å²) in [5.41, 5.74) is 3.02. The predicted molar refractivity (Wildman–Crippen MR) is 144 cm³/mol. The zero-order valence-corrected chi connectivity index (χ0v) is 21.4. The summed E-state index contributed by atoms with van der Waals surface area (Å²) in [4.78, 5) is 20.4. The van der Waals surface area contributed by atoms with Crippen molar-refractivity contribution in [3.05, 3.63) is 77.6 Å². The zero-order valence-electron chi connectivity index (χ0n) is 21.4. The van der Waals surface area contributed by atoms with E-state index in [1.54, 1.807) is 24.1 Å². The lowest BCUT2D eigenvalue weighted by Crippen LogP contribution is -2.58. The van der Waals surface area contributed by atoms with Crippen LogP contribution in [0.1, 0.15) is 24.0 Å². The average molecular weight is 503 g/mol. The first-order valence-corrected chi connectivity index (χ1v) is 13.4. The van der Waals surface area contributed by atoms with Gasteiger partial charge in [0.05, 0.1) is 12.8 Å². The number of hydrogen-bond donors (Lipinski definition) is 2. The molecule has 0 saturated carbocycles. The van der Waals surface area contributed by atoms with Gasteiger partial charge in [-0.1, -0.05) is 36.4 Å². The Balaban J connectivity index is 1.23. The number of likely N-dealkylation sites (N-methyl/N-ethyl adjacent to an activating group) is 1. The molecular weight excluding hydrogens is 467 g/mol. The minimum Gasteiger partial charge on any atom is -0.390 e. The van der Waals surface area contributed by atoms with E-state index in [1.807, 2.05) is 0 Å². The van der Waals surface area contributed by atoms with Crippen LogP contribution in [0.4, 0.5) is 10.1 Å². The van der Waals surface area contributed by atoms with E-state index in [0.29, 0.717) is 32.1 Å². The third-order valence-corrected chi connectivity index (χ3v) is 8.65. The first-order chi connectivity index (χ1) is 18.0. The second-order valence-electron chi connectivity index (χ2n) is 10.8. The van der Waals surface area contributed by atoms with Crippen LogP contribution in [-0.4, -0.2) is 78.4 Å². The normalized spacial score (nSPS) is 20.8. The lowest BCUT2D eigenvalue weighted by Gasteiger charge is -2.46. The molecule has 6 nitrogen and oxygen atoms in total. The summed E-state index contributed by atoms with van der Waals surface area (Å²) >= 11 is 0. The molecule has 194 valence electrons. The Kier molecular flexibility index (Phi) is 6.39. The van der Waals surface area contributed by atoms with E-state index < -0.39 is 11.6 Å². The van der Waals surface area contributed by atoms with Crippen molar-refractivity contribution in [3.8, 4) is 0 Å². The van der Waals surface area contributed by atoms with Gasteiger partial charge in [-0.05, 0) is 78.9 Å². The summed E-state index contributed by atoms with van der Waals surface area (Å²) in [5.74, 6) is -0.211. The van der Waals surface area contributed by atoms with Gasteiger partial charge in [0.15, 0.2) is 0 Å². The number of likely N-dealkylation sites (tertiary alicyclic amines) is 1. The molecule has 0 radical (unpaired) electrons. The van der Waals surface area contributed by atoms with Crippen LogP contribution in [0, 0.1) is 5.82 Å². The number of β-amino-alcohol motifs (C(OH)–C–C–N with tert-alkyl or cyclic N) is 1. The summed E-state index contributed by atoms with van der Waals surface area (Å²) < 4.78 is 13.7. The third-order valence-electron chi connectivity index (χ3n) is 8.65. The number of nitrogens with one attached hydrogen (secondary N) is 1. The Hall–Kier alpha value is -3.00. The number of aliphatic hydroxyl groups is 1. The Labute approximate surface area is 217 Å². The Morgan fingerprint density at radius 1 is 1.03 bits per heavy atom. The number of hydrogen-bond acceptors (Lipinski definition) is 5. The first-order valence-electron chi connectivity index (χ1n) is 13.4. The summed E-state index contributed by atoms with van der Waals surface area (Å²) in [7, 11) is 1.79. The lowest BCUT2D eigenvalue weighted by molar-refractivity contribution is -0.135. The summed E-state index contributed by atoms with van der Waals surface area (Å²) in [6, 6.07) is 20.1. The highest BCUT2D eigenvalue weighted by Crippen LogP contribution is 2.41. The van der Waals surface area contributed by atoms with Gasteiger partial charge in [0.25, 0.3) is 0 Å². The van der Waals surface area contributed by atoms with Crippen LogP contribution in [0.3, 0.4) is 0 Å². The van der Waals surface area contributed by atoms with Gasteiger partial charge in [0, 0.05) is 37.9 Å². The van der Waals surface area contributed by atoms with Crippen molar-refractivity contribution in [2.45, 2.75) is 43.4 Å². The highest BCUT2D eigenvalue weighted by molar-refractivity contribution is 5.94. The van der Waals surface area contributed by atoms with Crippen LogP contribution >= 0.6 is 0 Å². The first kappa shape index (κ1) is 24.3. The van der Waals surface area contributed by atoms with Crippen molar-refractivity contribution < 1.29 is 14.3 Å². The summed E-state index contributed by atoms with van der Waals surface area (Å²) in [5, 5.41) is 16.1. The van der Waals surface area contributed by atoms with E-state index >= 15 is 0 Å². The number of benzene rings is 3. The molecule has 1 atom stereocenters. The smallest absolute Gasteiger partial charge is 0.250 e. The molecular formula is C30H35FN4O2. The van der Waals surface area contributed by atoms with Gasteiger partial charge in [0.2, 0.25) is 5.91 Å². The van der Waals surface area contributed by atoms with Crippen LogP contribution in [0.2, 0.25) is 0 Å². The number of nitrogens with zero attached hydrogens (tertiary/aromatic N) is 3. The van der Waals surface area contributed by atoms with Gasteiger partial charge in [-0.3, -0.25) is 9.69 Å². The van der Waals surface area contributed by atoms with Crippen molar-refractivity contribution >= 4 is 22.4 Å². The highest BCUT2D eigenvalue weighted by Gasteiger charge is 2.54. The van der Waals surface area contributed by atoms with Crippen molar-refractivity contribution in [1.82, 2.24) is 15.1 Å². The minimum absolute atomic E-state index is 0.0744. The molecule has 0 bridgehead atoms. The largest absolute Gasteiger partial charge is 0.390 e. The molecule has 1 spiro atoms. The van der Waals surface area contributed by atoms with Gasteiger partial charge in [-0.25, -0.2) is 4.39 Å². The fourth-order valence-corrected chi connectivity index (χ4v) is 6.85. The van der Waals surface area contributed by atoms with E-state index in [1.165, 1.54) is 34.0 Å². The molecule has 1 amide bonds. The molecule has 0 aromatic heterocycles. The highest BCUT2D eigenvalue weighted by atomic mass is 19.1. The second-order valence-corrected chi connectivity index (χ2v) is 10.8. The molecule has 2 saturated heterocycles. The number of anilines is 1. The molecule has 2 heterocycles. The molecule has 2 fully saturated rings. The molecule has 3 aliphatic rings. The van der Waals surface area contributed by atoms with Gasteiger partial charge < -0.3 is 20.2 Å². The van der Waals surface area contributed by atoms with Crippen LogP contribution in [-0.2, 0) is 17.6 Å². The predicted octanol–water partition coefficient (Wildman–Crippen LogP) is 3.17. The SMILES string of the molecule is CNC[C@H](O)CN1CN(c2ccc(F)cc2)C2(CCN(C3Cc4cccc5cccc(c45)C3)CC2)C1=O. The van der Waals surface area contributed by atoms with E-state index in [4.69, 9.17) is 0 Å². The quantitative estimate of drug-likeness (QED) is 0.542. The fraction of sp³-hybridized carbons (Fsp3) is 0.433. The van der Waals surface area contributed by atoms with Gasteiger partial charge in [0.1, 0.15) is 11.4 Å². The number of halogens is 1. The average Bonchev–Trinajstić information content (AvgIpc) is 3.16. The van der Waals surface area contributed by atoms with E-state index in [-0.39, 0.29) is 18.3 Å². The number of amides is 1. The number of aliphatic hydroxyl groups excluding tert-OH is 1. The maximum Gasteiger partial charge on any atom is 0.250 e. The molecule has 37 heavy (non-hydrogen) atoms. The molecule has 0 unspecified atom stereocenters. The van der Waals surface area contributed by atoms with Gasteiger partial charge in [-0.2, -0.15) is 0 Å². The fourth-order valence-electron chi connectivity index (χ4n) is 6.85. The number of rotatable bonds is 6. The van der Waals surface area contributed by atoms with Gasteiger partial charge in [-0.15, -0.1) is 0 Å². The molecule has 2 N–H and O–H groups in total. The van der Waals surface area contributed by atoms with Crippen LogP contribution in [0.15, 0.2) is 60.7 Å². The second kappa shape index (κ2) is 9.71. The van der Waals surface area contributed by atoms with Crippen molar-refractivity contribution in [2.75, 3.05) is 44.8 Å². The summed E-state index contributed by atoms with van der Waals surface area (Å²) in [6.07, 6.45) is 2.84. The molecule has 1 aliphatic carbocycles. The number of piperidine rings is 1. The molecule has 6 rings (SSSR count). The Bertz CT molecular complexity index is 1250. The Morgan fingerprint density at radius 2 is 1.68 bits per heavy atom.